The predicted octanol–water partition coefficient (Wildman–Crippen LogP) is 3.73. The van der Waals surface area contributed by atoms with Crippen molar-refractivity contribution in [1.82, 2.24) is 15.5 Å². The van der Waals surface area contributed by atoms with Gasteiger partial charge in [-0.15, -0.1) is 5.10 Å². The van der Waals surface area contributed by atoms with Gasteiger partial charge in [0.2, 0.25) is 5.88 Å². The van der Waals surface area contributed by atoms with Gasteiger partial charge in [-0.1, -0.05) is 24.6 Å². The molecule has 20 heavy (non-hydrogen) atoms. The molecule has 4 nitrogen and oxygen atoms in total. The Balaban J connectivity index is 1.99. The Morgan fingerprint density at radius 1 is 1.20 bits per heavy atom. The van der Waals surface area contributed by atoms with Crippen molar-refractivity contribution >= 4 is 11.6 Å². The predicted molar refractivity (Wildman–Crippen MR) is 80.3 cm³/mol. The molecule has 1 heterocycles. The van der Waals surface area contributed by atoms with E-state index < -0.39 is 0 Å². The molecule has 0 atom stereocenters. The molecule has 0 aliphatic rings. The van der Waals surface area contributed by atoms with Crippen LogP contribution in [0.1, 0.15) is 24.6 Å². The second-order valence-electron chi connectivity index (χ2n) is 4.58. The Morgan fingerprint density at radius 2 is 2.05 bits per heavy atom. The van der Waals surface area contributed by atoms with E-state index >= 15 is 0 Å². The van der Waals surface area contributed by atoms with Gasteiger partial charge in [-0.3, -0.25) is 0 Å². The Hall–Kier alpha value is -1.65. The van der Waals surface area contributed by atoms with Gasteiger partial charge in [0, 0.05) is 12.6 Å². The third kappa shape index (κ3) is 4.18. The van der Waals surface area contributed by atoms with Gasteiger partial charge in [-0.2, -0.15) is 5.10 Å². The average Bonchev–Trinajstić information content (AvgIpc) is 2.44. The van der Waals surface area contributed by atoms with Gasteiger partial charge in [-0.25, -0.2) is 0 Å². The molecule has 0 saturated heterocycles. The summed E-state index contributed by atoms with van der Waals surface area (Å²) in [6.45, 7) is 5.79. The molecule has 0 aliphatic carbocycles. The van der Waals surface area contributed by atoms with Crippen LogP contribution in [0.25, 0.3) is 0 Å². The van der Waals surface area contributed by atoms with Gasteiger partial charge in [0.15, 0.2) is 0 Å². The summed E-state index contributed by atoms with van der Waals surface area (Å²) in [5.74, 6) is 1.03. The molecule has 0 radical (unpaired) electrons. The van der Waals surface area contributed by atoms with Crippen molar-refractivity contribution < 1.29 is 4.74 Å². The van der Waals surface area contributed by atoms with E-state index in [9.17, 15) is 0 Å². The lowest BCUT2D eigenvalue weighted by Crippen LogP contribution is -2.15. The normalized spacial score (nSPS) is 10.6. The Morgan fingerprint density at radius 3 is 2.70 bits per heavy atom. The van der Waals surface area contributed by atoms with Crippen LogP contribution in [0.2, 0.25) is 5.02 Å². The van der Waals surface area contributed by atoms with Gasteiger partial charge >= 0.3 is 0 Å². The molecular weight excluding hydrogens is 274 g/mol. The number of ether oxygens (including phenoxy) is 1. The van der Waals surface area contributed by atoms with E-state index in [4.69, 9.17) is 16.3 Å². The van der Waals surface area contributed by atoms with Crippen LogP contribution >= 0.6 is 11.6 Å². The summed E-state index contributed by atoms with van der Waals surface area (Å²) in [7, 11) is 0. The zero-order valence-electron chi connectivity index (χ0n) is 11.7. The molecule has 1 aromatic heterocycles. The van der Waals surface area contributed by atoms with Crippen LogP contribution in [0, 0.1) is 6.92 Å². The minimum absolute atomic E-state index is 0.440. The minimum atomic E-state index is 0.440. The van der Waals surface area contributed by atoms with Gasteiger partial charge < -0.3 is 10.1 Å². The van der Waals surface area contributed by atoms with E-state index in [1.807, 2.05) is 31.2 Å². The summed E-state index contributed by atoms with van der Waals surface area (Å²) in [5, 5.41) is 12.0. The molecular formula is C15H18ClN3O. The quantitative estimate of drug-likeness (QED) is 0.824. The molecule has 2 aromatic rings. The highest BCUT2D eigenvalue weighted by molar-refractivity contribution is 6.32. The first-order valence-corrected chi connectivity index (χ1v) is 7.04. The first-order valence-electron chi connectivity index (χ1n) is 6.66. The third-order valence-electron chi connectivity index (χ3n) is 2.73. The van der Waals surface area contributed by atoms with Crippen molar-refractivity contribution in [2.45, 2.75) is 26.8 Å². The Labute approximate surface area is 124 Å². The maximum absolute atomic E-state index is 6.11. The number of hydrogen-bond donors (Lipinski definition) is 1. The van der Waals surface area contributed by atoms with E-state index in [1.165, 1.54) is 0 Å². The minimum Gasteiger partial charge on any atom is -0.436 e. The number of aryl methyl sites for hydroxylation is 1. The van der Waals surface area contributed by atoms with Gasteiger partial charge in [-0.05, 0) is 43.7 Å². The molecule has 0 spiro atoms. The van der Waals surface area contributed by atoms with Crippen molar-refractivity contribution in [2.75, 3.05) is 6.54 Å². The van der Waals surface area contributed by atoms with E-state index in [1.54, 1.807) is 6.07 Å². The maximum atomic E-state index is 6.11. The van der Waals surface area contributed by atoms with E-state index in [2.05, 4.69) is 22.4 Å². The van der Waals surface area contributed by atoms with Crippen LogP contribution in [-0.2, 0) is 6.54 Å². The van der Waals surface area contributed by atoms with E-state index in [0.29, 0.717) is 23.2 Å². The molecule has 0 amide bonds. The molecule has 0 unspecified atom stereocenters. The number of halogens is 1. The zero-order chi connectivity index (χ0) is 14.4. The van der Waals surface area contributed by atoms with Crippen molar-refractivity contribution in [2.24, 2.45) is 0 Å². The summed E-state index contributed by atoms with van der Waals surface area (Å²) >= 11 is 6.11. The average molecular weight is 292 g/mol. The molecule has 1 N–H and O–H groups in total. The third-order valence-corrected chi connectivity index (χ3v) is 3.03. The lowest BCUT2D eigenvalue weighted by atomic mass is 10.2. The fraction of sp³-hybridized carbons (Fsp3) is 0.333. The van der Waals surface area contributed by atoms with Crippen LogP contribution in [0.15, 0.2) is 30.3 Å². The smallest absolute Gasteiger partial charge is 0.238 e. The number of benzene rings is 1. The second kappa shape index (κ2) is 7.22. The lowest BCUT2D eigenvalue weighted by Gasteiger charge is -2.07. The van der Waals surface area contributed by atoms with Gasteiger partial charge in [0.25, 0.3) is 0 Å². The van der Waals surface area contributed by atoms with Crippen molar-refractivity contribution in [3.05, 3.63) is 46.6 Å². The molecule has 0 bridgehead atoms. The number of hydrogen-bond acceptors (Lipinski definition) is 4. The highest BCUT2D eigenvalue weighted by Gasteiger charge is 2.05. The molecule has 1 aromatic carbocycles. The van der Waals surface area contributed by atoms with Crippen LogP contribution < -0.4 is 10.1 Å². The summed E-state index contributed by atoms with van der Waals surface area (Å²) in [6, 6.07) is 9.32. The van der Waals surface area contributed by atoms with Gasteiger partial charge in [0.05, 0.1) is 10.7 Å². The largest absolute Gasteiger partial charge is 0.436 e. The summed E-state index contributed by atoms with van der Waals surface area (Å²) < 4.78 is 5.62. The molecule has 106 valence electrons. The van der Waals surface area contributed by atoms with E-state index in [-0.39, 0.29) is 0 Å². The fourth-order valence-corrected chi connectivity index (χ4v) is 1.96. The highest BCUT2D eigenvalue weighted by atomic mass is 35.5. The first kappa shape index (κ1) is 14.8. The lowest BCUT2D eigenvalue weighted by molar-refractivity contribution is 0.453. The van der Waals surface area contributed by atoms with Crippen LogP contribution in [0.5, 0.6) is 11.6 Å². The highest BCUT2D eigenvalue weighted by Crippen LogP contribution is 2.28. The maximum Gasteiger partial charge on any atom is 0.238 e. The number of nitrogens with zero attached hydrogens (tertiary/aromatic N) is 2. The number of rotatable bonds is 6. The van der Waals surface area contributed by atoms with Crippen LogP contribution in [0.4, 0.5) is 0 Å². The standard InChI is InChI=1S/C15H18ClN3O/c1-3-8-17-10-12-5-7-15(19-18-12)20-14-6-4-11(2)9-13(14)16/h4-7,9,17H,3,8,10H2,1-2H3. The summed E-state index contributed by atoms with van der Waals surface area (Å²) in [6.07, 6.45) is 1.10. The zero-order valence-corrected chi connectivity index (χ0v) is 12.4. The molecule has 5 heteroatoms. The second-order valence-corrected chi connectivity index (χ2v) is 4.98. The summed E-state index contributed by atoms with van der Waals surface area (Å²) in [5.41, 5.74) is 1.98. The van der Waals surface area contributed by atoms with E-state index in [0.717, 1.165) is 24.2 Å². The fourth-order valence-electron chi connectivity index (χ4n) is 1.69. The molecule has 0 aliphatic heterocycles. The summed E-state index contributed by atoms with van der Waals surface area (Å²) in [4.78, 5) is 0. The monoisotopic (exact) mass is 291 g/mol. The Kier molecular flexibility index (Phi) is 5.32. The molecule has 0 fully saturated rings. The number of nitrogens with one attached hydrogen (secondary N) is 1. The van der Waals surface area contributed by atoms with Crippen LogP contribution in [0.3, 0.4) is 0 Å². The number of aromatic nitrogens is 2. The topological polar surface area (TPSA) is 47.0 Å². The van der Waals surface area contributed by atoms with Crippen molar-refractivity contribution in [1.29, 1.82) is 0 Å². The van der Waals surface area contributed by atoms with Crippen LogP contribution in [-0.4, -0.2) is 16.7 Å². The SMILES string of the molecule is CCCNCc1ccc(Oc2ccc(C)cc2Cl)nn1. The van der Waals surface area contributed by atoms with Gasteiger partial charge in [0.1, 0.15) is 5.75 Å². The molecule has 0 saturated carbocycles. The van der Waals surface area contributed by atoms with Crippen molar-refractivity contribution in [3.8, 4) is 11.6 Å². The first-order chi connectivity index (χ1) is 9.69. The van der Waals surface area contributed by atoms with Crippen molar-refractivity contribution in [3.63, 3.8) is 0 Å². The molecule has 2 rings (SSSR count). The Bertz CT molecular complexity index is 558.